The molecule has 18 heavy (non-hydrogen) atoms. The third-order valence-corrected chi connectivity index (χ3v) is 2.63. The average molecular weight is 272 g/mol. The highest BCUT2D eigenvalue weighted by Crippen LogP contribution is 2.32. The van der Waals surface area contributed by atoms with Crippen LogP contribution < -0.4 is 14.8 Å². The second-order valence-corrected chi connectivity index (χ2v) is 4.48. The van der Waals surface area contributed by atoms with E-state index in [1.54, 1.807) is 18.2 Å². The van der Waals surface area contributed by atoms with E-state index in [0.29, 0.717) is 17.1 Å². The van der Waals surface area contributed by atoms with E-state index in [9.17, 15) is 4.79 Å². The molecular formula is C13H18ClNO3. The van der Waals surface area contributed by atoms with Crippen molar-refractivity contribution in [3.05, 3.63) is 23.8 Å². The summed E-state index contributed by atoms with van der Waals surface area (Å²) in [7, 11) is 0. The Bertz CT molecular complexity index is 434. The van der Waals surface area contributed by atoms with Gasteiger partial charge in [-0.25, -0.2) is 0 Å². The lowest BCUT2D eigenvalue weighted by molar-refractivity contribution is 0.0946. The third kappa shape index (κ3) is 3.15. The number of hydrogen-bond donors (Lipinski definition) is 1. The van der Waals surface area contributed by atoms with Crippen LogP contribution in [0, 0.1) is 0 Å². The molecule has 1 N–H and O–H groups in total. The molecule has 0 aliphatic carbocycles. The van der Waals surface area contributed by atoms with Gasteiger partial charge in [0, 0.05) is 11.6 Å². The second-order valence-electron chi connectivity index (χ2n) is 4.48. The van der Waals surface area contributed by atoms with Gasteiger partial charge in [-0.2, -0.15) is 0 Å². The fraction of sp³-hybridized carbons (Fsp3) is 0.462. The summed E-state index contributed by atoms with van der Waals surface area (Å²) in [5.74, 6) is 1.41. The zero-order valence-electron chi connectivity index (χ0n) is 10.7. The summed E-state index contributed by atoms with van der Waals surface area (Å²) >= 11 is 0. The Kier molecular flexibility index (Phi) is 4.99. The van der Waals surface area contributed by atoms with Crippen LogP contribution >= 0.6 is 12.4 Å². The smallest absolute Gasteiger partial charge is 0.231 e. The topological polar surface area (TPSA) is 47.6 Å². The van der Waals surface area contributed by atoms with E-state index in [1.165, 1.54) is 0 Å². The van der Waals surface area contributed by atoms with Gasteiger partial charge in [0.05, 0.1) is 6.04 Å². The Balaban J connectivity index is 0.00000162. The lowest BCUT2D eigenvalue weighted by atomic mass is 10.0. The number of benzene rings is 1. The highest BCUT2D eigenvalue weighted by Gasteiger charge is 2.19. The van der Waals surface area contributed by atoms with Crippen molar-refractivity contribution in [2.75, 3.05) is 6.79 Å². The maximum absolute atomic E-state index is 12.1. The first-order valence-corrected chi connectivity index (χ1v) is 5.78. The van der Waals surface area contributed by atoms with Crippen LogP contribution in [0.15, 0.2) is 18.2 Å². The number of carbonyl (C=O) groups is 1. The molecule has 1 unspecified atom stereocenters. The van der Waals surface area contributed by atoms with E-state index in [2.05, 4.69) is 5.32 Å². The molecule has 0 amide bonds. The van der Waals surface area contributed by atoms with Gasteiger partial charge in [0.15, 0.2) is 17.3 Å². The Hall–Kier alpha value is -1.26. The zero-order chi connectivity index (χ0) is 12.4. The van der Waals surface area contributed by atoms with Crippen molar-refractivity contribution in [1.82, 2.24) is 5.32 Å². The summed E-state index contributed by atoms with van der Waals surface area (Å²) in [6, 6.07) is 5.37. The minimum atomic E-state index is -0.199. The quantitative estimate of drug-likeness (QED) is 0.855. The molecule has 0 fully saturated rings. The molecule has 1 aliphatic rings. The Morgan fingerprint density at radius 2 is 1.89 bits per heavy atom. The van der Waals surface area contributed by atoms with Gasteiger partial charge in [-0.15, -0.1) is 12.4 Å². The van der Waals surface area contributed by atoms with Gasteiger partial charge in [-0.3, -0.25) is 4.79 Å². The summed E-state index contributed by atoms with van der Waals surface area (Å²) in [5, 5.41) is 3.19. The summed E-state index contributed by atoms with van der Waals surface area (Å²) in [6.07, 6.45) is 0. The van der Waals surface area contributed by atoms with E-state index in [1.807, 2.05) is 20.8 Å². The van der Waals surface area contributed by atoms with Crippen LogP contribution in [0.5, 0.6) is 11.5 Å². The number of rotatable bonds is 4. The molecule has 0 radical (unpaired) electrons. The summed E-state index contributed by atoms with van der Waals surface area (Å²) in [4.78, 5) is 12.1. The number of ether oxygens (including phenoxy) is 2. The number of fused-ring (bicyclic) bond motifs is 1. The van der Waals surface area contributed by atoms with E-state index < -0.39 is 0 Å². The van der Waals surface area contributed by atoms with Crippen LogP contribution in [0.2, 0.25) is 0 Å². The van der Waals surface area contributed by atoms with Gasteiger partial charge in [-0.05, 0) is 25.1 Å². The first-order valence-electron chi connectivity index (χ1n) is 5.78. The summed E-state index contributed by atoms with van der Waals surface area (Å²) < 4.78 is 10.5. The fourth-order valence-corrected chi connectivity index (χ4v) is 1.88. The molecule has 1 atom stereocenters. The van der Waals surface area contributed by atoms with E-state index in [0.717, 1.165) is 0 Å². The van der Waals surface area contributed by atoms with Gasteiger partial charge < -0.3 is 14.8 Å². The average Bonchev–Trinajstić information content (AvgIpc) is 2.73. The molecule has 5 heteroatoms. The predicted octanol–water partition coefficient (Wildman–Crippen LogP) is 2.41. The van der Waals surface area contributed by atoms with E-state index in [-0.39, 0.29) is 37.1 Å². The maximum Gasteiger partial charge on any atom is 0.231 e. The van der Waals surface area contributed by atoms with Crippen LogP contribution in [0.1, 0.15) is 31.1 Å². The second kappa shape index (κ2) is 6.07. The fourth-order valence-electron chi connectivity index (χ4n) is 1.88. The molecule has 0 spiro atoms. The van der Waals surface area contributed by atoms with Gasteiger partial charge in [0.25, 0.3) is 0 Å². The molecule has 100 valence electrons. The molecule has 1 aromatic rings. The van der Waals surface area contributed by atoms with Crippen LogP contribution in [0.4, 0.5) is 0 Å². The largest absolute Gasteiger partial charge is 0.454 e. The molecule has 0 saturated heterocycles. The van der Waals surface area contributed by atoms with Crippen molar-refractivity contribution in [1.29, 1.82) is 0 Å². The van der Waals surface area contributed by atoms with Crippen LogP contribution in [-0.2, 0) is 0 Å². The third-order valence-electron chi connectivity index (χ3n) is 2.63. The zero-order valence-corrected chi connectivity index (χ0v) is 11.5. The molecular weight excluding hydrogens is 254 g/mol. The van der Waals surface area contributed by atoms with Crippen molar-refractivity contribution in [2.45, 2.75) is 32.9 Å². The summed E-state index contributed by atoms with van der Waals surface area (Å²) in [5.41, 5.74) is 0.648. The van der Waals surface area contributed by atoms with Crippen LogP contribution in [-0.4, -0.2) is 24.7 Å². The number of nitrogens with one attached hydrogen (secondary N) is 1. The summed E-state index contributed by atoms with van der Waals surface area (Å²) in [6.45, 7) is 6.13. The normalized spacial score (nSPS) is 14.2. The van der Waals surface area contributed by atoms with Crippen molar-refractivity contribution >= 4 is 18.2 Å². The van der Waals surface area contributed by atoms with E-state index >= 15 is 0 Å². The van der Waals surface area contributed by atoms with Crippen molar-refractivity contribution in [3.8, 4) is 11.5 Å². The van der Waals surface area contributed by atoms with Crippen LogP contribution in [0.3, 0.4) is 0 Å². The minimum absolute atomic E-state index is 0. The molecule has 1 heterocycles. The molecule has 0 bridgehead atoms. The minimum Gasteiger partial charge on any atom is -0.454 e. The Morgan fingerprint density at radius 1 is 1.22 bits per heavy atom. The Labute approximate surface area is 113 Å². The van der Waals surface area contributed by atoms with Gasteiger partial charge >= 0.3 is 0 Å². The molecule has 0 saturated carbocycles. The van der Waals surface area contributed by atoms with Gasteiger partial charge in [-0.1, -0.05) is 13.8 Å². The highest BCUT2D eigenvalue weighted by atomic mass is 35.5. The molecule has 1 aromatic carbocycles. The predicted molar refractivity (Wildman–Crippen MR) is 71.9 cm³/mol. The maximum atomic E-state index is 12.1. The van der Waals surface area contributed by atoms with Crippen molar-refractivity contribution < 1.29 is 14.3 Å². The van der Waals surface area contributed by atoms with Crippen LogP contribution in [0.25, 0.3) is 0 Å². The first-order chi connectivity index (χ1) is 8.08. The lowest BCUT2D eigenvalue weighted by Crippen LogP contribution is -2.38. The number of halogens is 1. The standard InChI is InChI=1S/C13H17NO3.ClH/c1-8(2)14-9(3)13(15)10-4-5-11-12(6-10)17-7-16-11;/h4-6,8-9,14H,7H2,1-3H3;1H. The Morgan fingerprint density at radius 3 is 2.56 bits per heavy atom. The SMILES string of the molecule is CC(C)NC(C)C(=O)c1ccc2c(c1)OCO2.Cl. The number of carbonyl (C=O) groups excluding carboxylic acids is 1. The first kappa shape index (κ1) is 14.8. The van der Waals surface area contributed by atoms with E-state index in [4.69, 9.17) is 9.47 Å². The molecule has 4 nitrogen and oxygen atoms in total. The molecule has 0 aromatic heterocycles. The molecule has 1 aliphatic heterocycles. The van der Waals surface area contributed by atoms with Gasteiger partial charge in [0.1, 0.15) is 0 Å². The monoisotopic (exact) mass is 271 g/mol. The van der Waals surface area contributed by atoms with Gasteiger partial charge in [0.2, 0.25) is 6.79 Å². The lowest BCUT2D eigenvalue weighted by Gasteiger charge is -2.15. The van der Waals surface area contributed by atoms with Crippen molar-refractivity contribution in [2.24, 2.45) is 0 Å². The number of ketones is 1. The number of hydrogen-bond acceptors (Lipinski definition) is 4. The van der Waals surface area contributed by atoms with Crippen molar-refractivity contribution in [3.63, 3.8) is 0 Å². The molecule has 2 rings (SSSR count). The number of Topliss-reactive ketones (excluding diaryl/α,β-unsaturated/α-hetero) is 1. The highest BCUT2D eigenvalue weighted by molar-refractivity contribution is 6.00.